The normalized spacial score (nSPS) is 21.3. The number of anilines is 1. The van der Waals surface area contributed by atoms with Gasteiger partial charge in [0.25, 0.3) is 0 Å². The maximum absolute atomic E-state index is 14.1. The van der Waals surface area contributed by atoms with Crippen LogP contribution in [0.2, 0.25) is 0 Å². The van der Waals surface area contributed by atoms with E-state index in [-0.39, 0.29) is 5.82 Å². The number of hydrogen-bond acceptors (Lipinski definition) is 5. The monoisotopic (exact) mass is 289 g/mol. The molecule has 0 amide bonds. The maximum atomic E-state index is 14.1. The Balaban J connectivity index is 1.66. The van der Waals surface area contributed by atoms with Gasteiger partial charge in [0.2, 0.25) is 0 Å². The van der Waals surface area contributed by atoms with Crippen LogP contribution in [0.4, 0.5) is 10.2 Å². The zero-order valence-corrected chi connectivity index (χ0v) is 11.6. The van der Waals surface area contributed by atoms with Crippen LogP contribution in [0.3, 0.4) is 0 Å². The number of halogens is 1. The van der Waals surface area contributed by atoms with Crippen LogP contribution in [-0.4, -0.2) is 42.1 Å². The molecule has 2 fully saturated rings. The molecule has 2 aromatic rings. The van der Waals surface area contributed by atoms with Crippen LogP contribution in [0.25, 0.3) is 10.9 Å². The number of fused-ring (bicyclic) bond motifs is 1. The van der Waals surface area contributed by atoms with Crippen LogP contribution < -0.4 is 4.90 Å². The lowest BCUT2D eigenvalue weighted by atomic mass is 10.0. The van der Waals surface area contributed by atoms with Gasteiger partial charge in [-0.15, -0.1) is 0 Å². The molecule has 0 unspecified atom stereocenters. The van der Waals surface area contributed by atoms with Crippen molar-refractivity contribution in [3.8, 4) is 0 Å². The van der Waals surface area contributed by atoms with Gasteiger partial charge in [-0.2, -0.15) is 0 Å². The van der Waals surface area contributed by atoms with E-state index in [0.717, 1.165) is 25.9 Å². The zero-order valence-electron chi connectivity index (χ0n) is 11.6. The molecule has 21 heavy (non-hydrogen) atoms. The van der Waals surface area contributed by atoms with Crippen molar-refractivity contribution in [1.82, 2.24) is 9.97 Å². The van der Waals surface area contributed by atoms with Crippen LogP contribution in [0, 0.1) is 5.82 Å². The molecule has 6 heteroatoms. The van der Waals surface area contributed by atoms with Crippen molar-refractivity contribution < 1.29 is 13.9 Å². The van der Waals surface area contributed by atoms with E-state index in [1.54, 1.807) is 12.1 Å². The van der Waals surface area contributed by atoms with Gasteiger partial charge in [-0.3, -0.25) is 0 Å². The van der Waals surface area contributed by atoms with E-state index in [4.69, 9.17) is 9.47 Å². The molecule has 2 aliphatic heterocycles. The average Bonchev–Trinajstić information content (AvgIpc) is 2.96. The molecule has 4 rings (SSSR count). The molecule has 2 aliphatic rings. The second-order valence-electron chi connectivity index (χ2n) is 5.43. The first-order valence-corrected chi connectivity index (χ1v) is 7.20. The molecule has 0 radical (unpaired) electrons. The van der Waals surface area contributed by atoms with Gasteiger partial charge in [-0.1, -0.05) is 6.07 Å². The Morgan fingerprint density at radius 2 is 1.86 bits per heavy atom. The Kier molecular flexibility index (Phi) is 3.01. The minimum absolute atomic E-state index is 0.281. The number of piperidine rings is 1. The van der Waals surface area contributed by atoms with Gasteiger partial charge >= 0.3 is 0 Å². The molecule has 0 aliphatic carbocycles. The number of aromatic nitrogens is 2. The first kappa shape index (κ1) is 12.9. The molecule has 1 aromatic heterocycles. The zero-order chi connectivity index (χ0) is 14.3. The average molecular weight is 289 g/mol. The van der Waals surface area contributed by atoms with Crippen molar-refractivity contribution in [2.45, 2.75) is 18.6 Å². The summed E-state index contributed by atoms with van der Waals surface area (Å²) in [6.45, 7) is 2.79. The fourth-order valence-electron chi connectivity index (χ4n) is 3.14. The summed E-state index contributed by atoms with van der Waals surface area (Å²) in [7, 11) is 0. The lowest BCUT2D eigenvalue weighted by molar-refractivity contribution is -0.169. The predicted octanol–water partition coefficient (Wildman–Crippen LogP) is 2.11. The Bertz CT molecular complexity index is 658. The smallest absolute Gasteiger partial charge is 0.171 e. The minimum atomic E-state index is -0.433. The number of nitrogens with zero attached hydrogens (tertiary/aromatic N) is 3. The van der Waals surface area contributed by atoms with E-state index < -0.39 is 5.79 Å². The Hall–Kier alpha value is -1.79. The van der Waals surface area contributed by atoms with E-state index >= 15 is 0 Å². The molecule has 110 valence electrons. The number of benzene rings is 1. The first-order valence-electron chi connectivity index (χ1n) is 7.20. The van der Waals surface area contributed by atoms with E-state index in [1.165, 1.54) is 12.4 Å². The fraction of sp³-hybridized carbons (Fsp3) is 0.467. The summed E-state index contributed by atoms with van der Waals surface area (Å²) < 4.78 is 25.6. The highest BCUT2D eigenvalue weighted by Gasteiger charge is 2.40. The standard InChI is InChI=1S/C15H16FN3O2/c16-11-2-1-3-12-13(11)14(18-10-17-12)19-6-4-15(5-7-19)20-8-9-21-15/h1-3,10H,4-9H2. The molecule has 2 saturated heterocycles. The summed E-state index contributed by atoms with van der Waals surface area (Å²) in [4.78, 5) is 10.5. The van der Waals surface area contributed by atoms with Gasteiger partial charge in [0.1, 0.15) is 18.0 Å². The van der Waals surface area contributed by atoms with Crippen LogP contribution in [0.5, 0.6) is 0 Å². The van der Waals surface area contributed by atoms with E-state index in [1.807, 2.05) is 0 Å². The molecule has 0 atom stereocenters. The molecule has 0 bridgehead atoms. The third-order valence-corrected chi connectivity index (χ3v) is 4.23. The summed E-state index contributed by atoms with van der Waals surface area (Å²) in [5, 5.41) is 0.490. The Morgan fingerprint density at radius 1 is 1.10 bits per heavy atom. The van der Waals surface area contributed by atoms with Gasteiger partial charge in [0.05, 0.1) is 24.1 Å². The molecule has 1 aromatic carbocycles. The Labute approximate surface area is 121 Å². The van der Waals surface area contributed by atoms with E-state index in [0.29, 0.717) is 29.9 Å². The third kappa shape index (κ3) is 2.15. The van der Waals surface area contributed by atoms with Crippen LogP contribution >= 0.6 is 0 Å². The highest BCUT2D eigenvalue weighted by Crippen LogP contribution is 2.34. The van der Waals surface area contributed by atoms with Crippen molar-refractivity contribution in [3.63, 3.8) is 0 Å². The van der Waals surface area contributed by atoms with Gasteiger partial charge in [0, 0.05) is 25.9 Å². The van der Waals surface area contributed by atoms with E-state index in [9.17, 15) is 4.39 Å². The topological polar surface area (TPSA) is 47.5 Å². The summed E-state index contributed by atoms with van der Waals surface area (Å²) >= 11 is 0. The van der Waals surface area contributed by atoms with Crippen LogP contribution in [0.15, 0.2) is 24.5 Å². The molecule has 0 N–H and O–H groups in total. The molecular weight excluding hydrogens is 273 g/mol. The van der Waals surface area contributed by atoms with Crippen molar-refractivity contribution in [1.29, 1.82) is 0 Å². The highest BCUT2D eigenvalue weighted by molar-refractivity contribution is 5.89. The quantitative estimate of drug-likeness (QED) is 0.804. The summed E-state index contributed by atoms with van der Waals surface area (Å²) in [5.41, 5.74) is 0.633. The lowest BCUT2D eigenvalue weighted by Gasteiger charge is -2.38. The van der Waals surface area contributed by atoms with Crippen LogP contribution in [0.1, 0.15) is 12.8 Å². The predicted molar refractivity (Wildman–Crippen MR) is 75.6 cm³/mol. The van der Waals surface area contributed by atoms with Crippen molar-refractivity contribution in [3.05, 3.63) is 30.3 Å². The largest absolute Gasteiger partial charge is 0.356 e. The van der Waals surface area contributed by atoms with Crippen molar-refractivity contribution in [2.24, 2.45) is 0 Å². The van der Waals surface area contributed by atoms with Crippen molar-refractivity contribution in [2.75, 3.05) is 31.2 Å². The molecular formula is C15H16FN3O2. The third-order valence-electron chi connectivity index (χ3n) is 4.23. The molecule has 0 saturated carbocycles. The van der Waals surface area contributed by atoms with Gasteiger partial charge in [0.15, 0.2) is 5.79 Å². The first-order chi connectivity index (χ1) is 10.3. The fourth-order valence-corrected chi connectivity index (χ4v) is 3.14. The SMILES string of the molecule is Fc1cccc2ncnc(N3CCC4(CC3)OCCO4)c12. The Morgan fingerprint density at radius 3 is 2.62 bits per heavy atom. The van der Waals surface area contributed by atoms with Gasteiger partial charge in [-0.05, 0) is 12.1 Å². The van der Waals surface area contributed by atoms with Crippen LogP contribution in [-0.2, 0) is 9.47 Å². The number of ether oxygens (including phenoxy) is 2. The summed E-state index contributed by atoms with van der Waals surface area (Å²) in [5.74, 6) is -0.0552. The lowest BCUT2D eigenvalue weighted by Crippen LogP contribution is -2.45. The van der Waals surface area contributed by atoms with E-state index in [2.05, 4.69) is 14.9 Å². The van der Waals surface area contributed by atoms with Crippen molar-refractivity contribution >= 4 is 16.7 Å². The van der Waals surface area contributed by atoms with Gasteiger partial charge < -0.3 is 14.4 Å². The second kappa shape index (κ2) is 4.89. The molecule has 1 spiro atoms. The highest BCUT2D eigenvalue weighted by atomic mass is 19.1. The summed E-state index contributed by atoms with van der Waals surface area (Å²) in [6.07, 6.45) is 3.03. The number of hydrogen-bond donors (Lipinski definition) is 0. The van der Waals surface area contributed by atoms with Gasteiger partial charge in [-0.25, -0.2) is 14.4 Å². The maximum Gasteiger partial charge on any atom is 0.171 e. The minimum Gasteiger partial charge on any atom is -0.356 e. The molecule has 3 heterocycles. The molecule has 5 nitrogen and oxygen atoms in total. The second-order valence-corrected chi connectivity index (χ2v) is 5.43. The summed E-state index contributed by atoms with van der Waals surface area (Å²) in [6, 6.07) is 4.92. The number of rotatable bonds is 1.